The largest absolute Gasteiger partial charge is 0.480 e. The first-order valence-electron chi connectivity index (χ1n) is 6.31. The molecule has 2 amide bonds. The van der Waals surface area contributed by atoms with Gasteiger partial charge in [-0.3, -0.25) is 0 Å². The van der Waals surface area contributed by atoms with Gasteiger partial charge in [0.1, 0.15) is 6.04 Å². The van der Waals surface area contributed by atoms with Gasteiger partial charge in [-0.15, -0.1) is 0 Å². The standard InChI is InChI=1S/C12H24N2O3/c1-4-6-8-9(3)13-12(17)14-10(7-5-2)11(15)16/h9-10H,4-8H2,1-3H3,(H,15,16)(H2,13,14,17)/t9?,10-/m1/s1. The van der Waals surface area contributed by atoms with Crippen molar-refractivity contribution >= 4 is 12.0 Å². The number of carboxylic acids is 1. The van der Waals surface area contributed by atoms with E-state index >= 15 is 0 Å². The maximum atomic E-state index is 11.5. The number of carbonyl (C=O) groups excluding carboxylic acids is 1. The van der Waals surface area contributed by atoms with Crippen molar-refractivity contribution in [3.63, 3.8) is 0 Å². The monoisotopic (exact) mass is 244 g/mol. The van der Waals surface area contributed by atoms with E-state index in [1.165, 1.54) is 0 Å². The Morgan fingerprint density at radius 3 is 2.24 bits per heavy atom. The van der Waals surface area contributed by atoms with Crippen molar-refractivity contribution in [1.82, 2.24) is 10.6 Å². The van der Waals surface area contributed by atoms with E-state index in [2.05, 4.69) is 17.6 Å². The second-order valence-corrected chi connectivity index (χ2v) is 4.34. The Morgan fingerprint density at radius 1 is 1.12 bits per heavy atom. The van der Waals surface area contributed by atoms with Crippen molar-refractivity contribution in [2.75, 3.05) is 0 Å². The Balaban J connectivity index is 4.00. The molecule has 0 aromatic heterocycles. The van der Waals surface area contributed by atoms with Crippen LogP contribution in [0.15, 0.2) is 0 Å². The fraction of sp³-hybridized carbons (Fsp3) is 0.833. The maximum Gasteiger partial charge on any atom is 0.326 e. The first-order valence-corrected chi connectivity index (χ1v) is 6.31. The fourth-order valence-electron chi connectivity index (χ4n) is 1.55. The number of carbonyl (C=O) groups is 2. The number of hydrogen-bond acceptors (Lipinski definition) is 2. The van der Waals surface area contributed by atoms with Gasteiger partial charge in [0.05, 0.1) is 0 Å². The van der Waals surface area contributed by atoms with Crippen LogP contribution in [-0.2, 0) is 4.79 Å². The number of hydrogen-bond donors (Lipinski definition) is 3. The van der Waals surface area contributed by atoms with Crippen LogP contribution in [0.5, 0.6) is 0 Å². The Hall–Kier alpha value is -1.26. The topological polar surface area (TPSA) is 78.4 Å². The highest BCUT2D eigenvalue weighted by Crippen LogP contribution is 2.00. The molecule has 0 spiro atoms. The molecule has 17 heavy (non-hydrogen) atoms. The Kier molecular flexibility index (Phi) is 8.19. The molecule has 0 aliphatic rings. The molecule has 0 aliphatic carbocycles. The summed E-state index contributed by atoms with van der Waals surface area (Å²) in [5, 5.41) is 14.1. The molecule has 0 fully saturated rings. The van der Waals surface area contributed by atoms with E-state index in [-0.39, 0.29) is 6.04 Å². The van der Waals surface area contributed by atoms with Crippen molar-refractivity contribution < 1.29 is 14.7 Å². The number of aliphatic carboxylic acids is 1. The third-order valence-corrected chi connectivity index (χ3v) is 2.55. The molecule has 2 atom stereocenters. The zero-order valence-corrected chi connectivity index (χ0v) is 11.0. The van der Waals surface area contributed by atoms with Crippen molar-refractivity contribution in [2.24, 2.45) is 0 Å². The van der Waals surface area contributed by atoms with E-state index in [0.29, 0.717) is 6.42 Å². The maximum absolute atomic E-state index is 11.5. The van der Waals surface area contributed by atoms with Crippen molar-refractivity contribution in [1.29, 1.82) is 0 Å². The number of amides is 2. The first-order chi connectivity index (χ1) is 8.01. The molecule has 3 N–H and O–H groups in total. The van der Waals surface area contributed by atoms with E-state index < -0.39 is 18.0 Å². The Morgan fingerprint density at radius 2 is 1.76 bits per heavy atom. The Bertz CT molecular complexity index is 244. The zero-order chi connectivity index (χ0) is 13.3. The average molecular weight is 244 g/mol. The highest BCUT2D eigenvalue weighted by atomic mass is 16.4. The van der Waals surface area contributed by atoms with E-state index in [9.17, 15) is 9.59 Å². The predicted molar refractivity (Wildman–Crippen MR) is 67.0 cm³/mol. The third kappa shape index (κ3) is 7.60. The van der Waals surface area contributed by atoms with Crippen LogP contribution in [0.3, 0.4) is 0 Å². The molecule has 0 radical (unpaired) electrons. The molecule has 100 valence electrons. The molecule has 5 nitrogen and oxygen atoms in total. The summed E-state index contributed by atoms with van der Waals surface area (Å²) in [5.41, 5.74) is 0. The summed E-state index contributed by atoms with van der Waals surface area (Å²) in [7, 11) is 0. The zero-order valence-electron chi connectivity index (χ0n) is 11.0. The molecule has 0 saturated heterocycles. The van der Waals surface area contributed by atoms with Gasteiger partial charge in [0.15, 0.2) is 0 Å². The van der Waals surface area contributed by atoms with E-state index in [1.807, 2.05) is 13.8 Å². The second kappa shape index (κ2) is 8.84. The summed E-state index contributed by atoms with van der Waals surface area (Å²) >= 11 is 0. The number of rotatable bonds is 8. The van der Waals surface area contributed by atoms with Crippen LogP contribution in [0, 0.1) is 0 Å². The molecule has 0 bridgehead atoms. The summed E-state index contributed by atoms with van der Waals surface area (Å²) < 4.78 is 0. The third-order valence-electron chi connectivity index (χ3n) is 2.55. The number of nitrogens with one attached hydrogen (secondary N) is 2. The van der Waals surface area contributed by atoms with E-state index in [0.717, 1.165) is 25.7 Å². The summed E-state index contributed by atoms with van der Waals surface area (Å²) in [4.78, 5) is 22.4. The van der Waals surface area contributed by atoms with Crippen molar-refractivity contribution in [2.45, 2.75) is 65.0 Å². The van der Waals surface area contributed by atoms with E-state index in [1.54, 1.807) is 0 Å². The highest BCUT2D eigenvalue weighted by Gasteiger charge is 2.19. The number of urea groups is 1. The summed E-state index contributed by atoms with van der Waals surface area (Å²) in [6, 6.07) is -1.11. The lowest BCUT2D eigenvalue weighted by atomic mass is 10.1. The molecule has 0 heterocycles. The number of unbranched alkanes of at least 4 members (excludes halogenated alkanes) is 1. The van der Waals surface area contributed by atoms with Gasteiger partial charge in [-0.1, -0.05) is 33.1 Å². The molecule has 0 saturated carbocycles. The van der Waals surface area contributed by atoms with Crippen LogP contribution in [0.25, 0.3) is 0 Å². The van der Waals surface area contributed by atoms with Crippen molar-refractivity contribution in [3.8, 4) is 0 Å². The normalized spacial score (nSPS) is 13.8. The SMILES string of the molecule is CCCCC(C)NC(=O)N[C@H](CCC)C(=O)O. The van der Waals surface area contributed by atoms with Crippen LogP contribution in [-0.4, -0.2) is 29.2 Å². The fourth-order valence-corrected chi connectivity index (χ4v) is 1.55. The van der Waals surface area contributed by atoms with Gasteiger partial charge in [0.2, 0.25) is 0 Å². The van der Waals surface area contributed by atoms with Crippen LogP contribution < -0.4 is 10.6 Å². The van der Waals surface area contributed by atoms with Gasteiger partial charge < -0.3 is 15.7 Å². The minimum atomic E-state index is -0.983. The van der Waals surface area contributed by atoms with Gasteiger partial charge in [0.25, 0.3) is 0 Å². The van der Waals surface area contributed by atoms with Gasteiger partial charge >= 0.3 is 12.0 Å². The molecule has 0 aliphatic heterocycles. The Labute approximate surface area is 103 Å². The summed E-state index contributed by atoms with van der Waals surface area (Å²) in [6.07, 6.45) is 4.23. The predicted octanol–water partition coefficient (Wildman–Crippen LogP) is 2.12. The molecular formula is C12H24N2O3. The average Bonchev–Trinajstić information content (AvgIpc) is 2.25. The summed E-state index contributed by atoms with van der Waals surface area (Å²) in [5.74, 6) is -0.983. The second-order valence-electron chi connectivity index (χ2n) is 4.34. The van der Waals surface area contributed by atoms with Crippen molar-refractivity contribution in [3.05, 3.63) is 0 Å². The van der Waals surface area contributed by atoms with E-state index in [4.69, 9.17) is 5.11 Å². The molecule has 5 heteroatoms. The van der Waals surface area contributed by atoms with Crippen LogP contribution in [0.4, 0.5) is 4.79 Å². The molecule has 1 unspecified atom stereocenters. The van der Waals surface area contributed by atoms with Gasteiger partial charge in [0, 0.05) is 6.04 Å². The highest BCUT2D eigenvalue weighted by molar-refractivity contribution is 5.82. The first kappa shape index (κ1) is 15.7. The van der Waals surface area contributed by atoms with Gasteiger partial charge in [-0.05, 0) is 19.8 Å². The minimum Gasteiger partial charge on any atom is -0.480 e. The van der Waals surface area contributed by atoms with Gasteiger partial charge in [-0.2, -0.15) is 0 Å². The molecular weight excluding hydrogens is 220 g/mol. The quantitative estimate of drug-likeness (QED) is 0.612. The van der Waals surface area contributed by atoms with Crippen LogP contribution in [0.2, 0.25) is 0 Å². The van der Waals surface area contributed by atoms with Crippen LogP contribution in [0.1, 0.15) is 52.9 Å². The minimum absolute atomic E-state index is 0.0750. The molecule has 0 rings (SSSR count). The number of carboxylic acid groups (broad SMARTS) is 1. The molecule has 0 aromatic rings. The summed E-state index contributed by atoms with van der Waals surface area (Å²) in [6.45, 7) is 5.90. The lowest BCUT2D eigenvalue weighted by Crippen LogP contribution is -2.48. The molecule has 0 aromatic carbocycles. The smallest absolute Gasteiger partial charge is 0.326 e. The van der Waals surface area contributed by atoms with Gasteiger partial charge in [-0.25, -0.2) is 9.59 Å². The lowest BCUT2D eigenvalue weighted by molar-refractivity contribution is -0.139. The lowest BCUT2D eigenvalue weighted by Gasteiger charge is -2.17. The van der Waals surface area contributed by atoms with Crippen LogP contribution >= 0.6 is 0 Å².